The monoisotopic (exact) mass is 245 g/mol. The molecule has 2 saturated carbocycles. The van der Waals surface area contributed by atoms with Crippen molar-refractivity contribution in [1.29, 1.82) is 0 Å². The second kappa shape index (κ2) is 5.17. The molecule has 0 saturated heterocycles. The van der Waals surface area contributed by atoms with Gasteiger partial charge in [0.25, 0.3) is 0 Å². The molecular formula is C15H23N3. The van der Waals surface area contributed by atoms with E-state index in [1.54, 1.807) is 0 Å². The van der Waals surface area contributed by atoms with Gasteiger partial charge in [0.2, 0.25) is 0 Å². The lowest BCUT2D eigenvalue weighted by Crippen LogP contribution is -2.18. The Kier molecular flexibility index (Phi) is 3.39. The molecule has 0 radical (unpaired) electrons. The molecule has 1 aromatic rings. The summed E-state index contributed by atoms with van der Waals surface area (Å²) in [5.74, 6) is 2.93. The Bertz CT molecular complexity index is 384. The van der Waals surface area contributed by atoms with Crippen LogP contribution in [-0.4, -0.2) is 18.1 Å². The topological polar surface area (TPSA) is 37.0 Å². The summed E-state index contributed by atoms with van der Waals surface area (Å²) in [4.78, 5) is 4.28. The lowest BCUT2D eigenvalue weighted by molar-refractivity contribution is 0.428. The Morgan fingerprint density at radius 2 is 1.72 bits per heavy atom. The summed E-state index contributed by atoms with van der Waals surface area (Å²) in [5.41, 5.74) is 2.26. The maximum Gasteiger partial charge on any atom is 0.0547 e. The Morgan fingerprint density at radius 1 is 1.11 bits per heavy atom. The maximum absolute atomic E-state index is 4.28. The fourth-order valence-corrected chi connectivity index (χ4v) is 2.84. The first-order valence-corrected chi connectivity index (χ1v) is 7.29. The van der Waals surface area contributed by atoms with Gasteiger partial charge < -0.3 is 10.6 Å². The van der Waals surface area contributed by atoms with Crippen molar-refractivity contribution in [2.45, 2.75) is 32.6 Å². The molecule has 0 aromatic carbocycles. The van der Waals surface area contributed by atoms with E-state index in [1.807, 2.05) is 12.4 Å². The first-order valence-electron chi connectivity index (χ1n) is 7.29. The molecule has 2 fully saturated rings. The van der Waals surface area contributed by atoms with E-state index in [9.17, 15) is 0 Å². The fraction of sp³-hybridized carbons (Fsp3) is 0.667. The molecule has 0 aliphatic heterocycles. The molecule has 0 bridgehead atoms. The van der Waals surface area contributed by atoms with Gasteiger partial charge in [0.05, 0.1) is 23.8 Å². The molecule has 3 rings (SSSR count). The summed E-state index contributed by atoms with van der Waals surface area (Å²) in [6.45, 7) is 4.18. The fourth-order valence-electron chi connectivity index (χ4n) is 2.84. The highest BCUT2D eigenvalue weighted by atomic mass is 14.9. The average molecular weight is 245 g/mol. The van der Waals surface area contributed by atoms with Crippen molar-refractivity contribution in [1.82, 2.24) is 4.98 Å². The highest BCUT2D eigenvalue weighted by Gasteiger charge is 2.40. The maximum atomic E-state index is 4.28. The van der Waals surface area contributed by atoms with Crippen LogP contribution in [0.1, 0.15) is 32.6 Å². The highest BCUT2D eigenvalue weighted by Crippen LogP contribution is 2.49. The van der Waals surface area contributed by atoms with Crippen molar-refractivity contribution < 1.29 is 0 Å². The molecule has 2 aliphatic rings. The van der Waals surface area contributed by atoms with Gasteiger partial charge >= 0.3 is 0 Å². The van der Waals surface area contributed by atoms with E-state index >= 15 is 0 Å². The van der Waals surface area contributed by atoms with Gasteiger partial charge in [0.1, 0.15) is 0 Å². The van der Waals surface area contributed by atoms with Crippen LogP contribution in [-0.2, 0) is 0 Å². The third-order valence-electron chi connectivity index (χ3n) is 4.12. The van der Waals surface area contributed by atoms with E-state index in [0.717, 1.165) is 42.2 Å². The highest BCUT2D eigenvalue weighted by molar-refractivity contribution is 5.53. The number of rotatable bonds is 7. The molecule has 98 valence electrons. The lowest BCUT2D eigenvalue weighted by Gasteiger charge is -2.17. The van der Waals surface area contributed by atoms with Crippen molar-refractivity contribution in [3.05, 3.63) is 18.5 Å². The molecule has 0 spiro atoms. The molecular weight excluding hydrogens is 222 g/mol. The Labute approximate surface area is 109 Å². The van der Waals surface area contributed by atoms with Crippen LogP contribution in [0.2, 0.25) is 0 Å². The van der Waals surface area contributed by atoms with Crippen molar-refractivity contribution in [3.8, 4) is 0 Å². The Hall–Kier alpha value is -1.25. The first kappa shape index (κ1) is 11.8. The van der Waals surface area contributed by atoms with Crippen LogP contribution in [0.4, 0.5) is 11.4 Å². The molecule has 0 unspecified atom stereocenters. The molecule has 2 N–H and O–H groups in total. The third-order valence-corrected chi connectivity index (χ3v) is 4.12. The largest absolute Gasteiger partial charge is 0.384 e. The van der Waals surface area contributed by atoms with E-state index in [4.69, 9.17) is 0 Å². The van der Waals surface area contributed by atoms with E-state index in [2.05, 4.69) is 28.6 Å². The SMILES string of the molecule is CCNc1cncc(NCC(C2CC2)C2CC2)c1. The predicted molar refractivity (Wildman–Crippen MR) is 75.8 cm³/mol. The van der Waals surface area contributed by atoms with Crippen LogP contribution in [0.25, 0.3) is 0 Å². The number of hydrogen-bond acceptors (Lipinski definition) is 3. The van der Waals surface area contributed by atoms with E-state index in [-0.39, 0.29) is 0 Å². The Balaban J connectivity index is 1.56. The van der Waals surface area contributed by atoms with Crippen LogP contribution in [0, 0.1) is 17.8 Å². The van der Waals surface area contributed by atoms with E-state index in [0.29, 0.717) is 0 Å². The van der Waals surface area contributed by atoms with Gasteiger partial charge in [-0.2, -0.15) is 0 Å². The number of aromatic nitrogens is 1. The van der Waals surface area contributed by atoms with Crippen LogP contribution in [0.3, 0.4) is 0 Å². The van der Waals surface area contributed by atoms with Gasteiger partial charge in [-0.25, -0.2) is 0 Å². The third kappa shape index (κ3) is 2.95. The number of hydrogen-bond donors (Lipinski definition) is 2. The van der Waals surface area contributed by atoms with Crippen molar-refractivity contribution >= 4 is 11.4 Å². The molecule has 3 nitrogen and oxygen atoms in total. The van der Waals surface area contributed by atoms with Crippen molar-refractivity contribution in [2.75, 3.05) is 23.7 Å². The zero-order valence-electron chi connectivity index (χ0n) is 11.2. The van der Waals surface area contributed by atoms with Crippen LogP contribution in [0.15, 0.2) is 18.5 Å². The van der Waals surface area contributed by atoms with E-state index in [1.165, 1.54) is 25.7 Å². The molecule has 1 heterocycles. The van der Waals surface area contributed by atoms with Crippen molar-refractivity contribution in [2.24, 2.45) is 17.8 Å². The summed E-state index contributed by atoms with van der Waals surface area (Å²) in [5, 5.41) is 6.89. The lowest BCUT2D eigenvalue weighted by atomic mass is 9.98. The number of nitrogens with zero attached hydrogens (tertiary/aromatic N) is 1. The number of anilines is 2. The number of pyridine rings is 1. The normalized spacial score (nSPS) is 19.0. The minimum Gasteiger partial charge on any atom is -0.384 e. The van der Waals surface area contributed by atoms with Gasteiger partial charge in [-0.05, 0) is 56.4 Å². The molecule has 0 atom stereocenters. The predicted octanol–water partition coefficient (Wildman–Crippen LogP) is 3.36. The molecule has 0 amide bonds. The molecule has 18 heavy (non-hydrogen) atoms. The van der Waals surface area contributed by atoms with E-state index < -0.39 is 0 Å². The van der Waals surface area contributed by atoms with Gasteiger partial charge in [0, 0.05) is 13.1 Å². The summed E-state index contributed by atoms with van der Waals surface area (Å²) in [6, 6.07) is 2.16. The van der Waals surface area contributed by atoms with Crippen LogP contribution in [0.5, 0.6) is 0 Å². The summed E-state index contributed by atoms with van der Waals surface area (Å²) < 4.78 is 0. The molecule has 3 heteroatoms. The quantitative estimate of drug-likeness (QED) is 0.773. The summed E-state index contributed by atoms with van der Waals surface area (Å²) in [7, 11) is 0. The van der Waals surface area contributed by atoms with Crippen LogP contribution < -0.4 is 10.6 Å². The second-order valence-electron chi connectivity index (χ2n) is 5.71. The minimum atomic E-state index is 0.910. The smallest absolute Gasteiger partial charge is 0.0547 e. The zero-order valence-corrected chi connectivity index (χ0v) is 11.2. The van der Waals surface area contributed by atoms with Gasteiger partial charge in [-0.15, -0.1) is 0 Å². The minimum absolute atomic E-state index is 0.910. The zero-order chi connectivity index (χ0) is 12.4. The van der Waals surface area contributed by atoms with Crippen LogP contribution >= 0.6 is 0 Å². The van der Waals surface area contributed by atoms with Crippen molar-refractivity contribution in [3.63, 3.8) is 0 Å². The number of nitrogens with one attached hydrogen (secondary N) is 2. The first-order chi connectivity index (χ1) is 8.86. The second-order valence-corrected chi connectivity index (χ2v) is 5.71. The Morgan fingerprint density at radius 3 is 2.28 bits per heavy atom. The molecule has 1 aromatic heterocycles. The van der Waals surface area contributed by atoms with Gasteiger partial charge in [-0.3, -0.25) is 4.98 Å². The summed E-state index contributed by atoms with van der Waals surface area (Å²) in [6.07, 6.45) is 9.64. The average Bonchev–Trinajstić information content (AvgIpc) is 3.25. The van der Waals surface area contributed by atoms with Gasteiger partial charge in [-0.1, -0.05) is 0 Å². The molecule has 2 aliphatic carbocycles. The standard InChI is InChI=1S/C15H23N3/c1-2-17-13-7-14(9-16-8-13)18-10-15(11-3-4-11)12-5-6-12/h7-9,11-12,15,17-18H,2-6,10H2,1H3. The summed E-state index contributed by atoms with van der Waals surface area (Å²) >= 11 is 0. The van der Waals surface area contributed by atoms with Gasteiger partial charge in [0.15, 0.2) is 0 Å².